The molecule has 0 atom stereocenters. The minimum Gasteiger partial charge on any atom is -0.493 e. The summed E-state index contributed by atoms with van der Waals surface area (Å²) >= 11 is 0. The van der Waals surface area contributed by atoms with Crippen LogP contribution in [0.5, 0.6) is 5.75 Å². The van der Waals surface area contributed by atoms with Crippen molar-refractivity contribution in [3.8, 4) is 5.75 Å². The van der Waals surface area contributed by atoms with Crippen molar-refractivity contribution in [3.63, 3.8) is 0 Å². The van der Waals surface area contributed by atoms with Crippen LogP contribution in [0.15, 0.2) is 64.2 Å². The first kappa shape index (κ1) is 25.8. The smallest absolute Gasteiger partial charge is 0.330 e. The van der Waals surface area contributed by atoms with E-state index in [1.54, 1.807) is 0 Å². The molecule has 3 aromatic rings. The lowest BCUT2D eigenvalue weighted by atomic mass is 10.0. The second-order valence-corrected chi connectivity index (χ2v) is 8.34. The first-order valence-electron chi connectivity index (χ1n) is 11.6. The molecule has 186 valence electrons. The highest BCUT2D eigenvalue weighted by molar-refractivity contribution is 5.92. The number of hydrogen-bond donors (Lipinski definition) is 3. The van der Waals surface area contributed by atoms with Crippen molar-refractivity contribution in [2.75, 3.05) is 31.0 Å². The first-order chi connectivity index (χ1) is 16.9. The van der Waals surface area contributed by atoms with Crippen LogP contribution in [0.2, 0.25) is 0 Å². The van der Waals surface area contributed by atoms with Crippen molar-refractivity contribution in [1.29, 1.82) is 0 Å². The van der Waals surface area contributed by atoms with Gasteiger partial charge in [0, 0.05) is 13.7 Å². The summed E-state index contributed by atoms with van der Waals surface area (Å²) in [5.74, 6) is 0.797. The van der Waals surface area contributed by atoms with E-state index in [1.807, 2.05) is 54.6 Å². The fourth-order valence-electron chi connectivity index (χ4n) is 3.45. The lowest BCUT2D eigenvalue weighted by molar-refractivity contribution is -0.116. The number of methoxy groups -OCH3 is 1. The average Bonchev–Trinajstić information content (AvgIpc) is 2.84. The zero-order valence-corrected chi connectivity index (χ0v) is 20.3. The predicted octanol–water partition coefficient (Wildman–Crippen LogP) is 3.33. The van der Waals surface area contributed by atoms with Gasteiger partial charge in [0.2, 0.25) is 5.91 Å². The molecule has 0 aliphatic carbocycles. The zero-order valence-electron chi connectivity index (χ0n) is 20.3. The third-order valence-corrected chi connectivity index (χ3v) is 5.43. The first-order valence-corrected chi connectivity index (χ1v) is 11.6. The lowest BCUT2D eigenvalue weighted by Crippen LogP contribution is -2.36. The van der Waals surface area contributed by atoms with Gasteiger partial charge in [-0.05, 0) is 29.2 Å². The fourth-order valence-corrected chi connectivity index (χ4v) is 3.45. The maximum absolute atomic E-state index is 12.7. The second kappa shape index (κ2) is 12.6. The molecule has 0 fully saturated rings. The molecule has 3 N–H and O–H groups in total. The molecule has 9 nitrogen and oxygen atoms in total. The molecule has 0 radical (unpaired) electrons. The zero-order chi connectivity index (χ0) is 25.2. The highest BCUT2D eigenvalue weighted by atomic mass is 16.5. The van der Waals surface area contributed by atoms with Crippen molar-refractivity contribution in [2.45, 2.75) is 39.3 Å². The van der Waals surface area contributed by atoms with Gasteiger partial charge in [0.15, 0.2) is 0 Å². The summed E-state index contributed by atoms with van der Waals surface area (Å²) in [6.07, 6.45) is 0.0370. The van der Waals surface area contributed by atoms with Gasteiger partial charge in [-0.1, -0.05) is 56.3 Å². The summed E-state index contributed by atoms with van der Waals surface area (Å²) in [4.78, 5) is 40.2. The molecule has 0 bridgehead atoms. The molecule has 0 saturated carbocycles. The normalized spacial score (nSPS) is 10.9. The summed E-state index contributed by atoms with van der Waals surface area (Å²) in [6, 6.07) is 17.2. The fraction of sp³-hybridized carbons (Fsp3) is 0.346. The van der Waals surface area contributed by atoms with Crippen LogP contribution in [-0.4, -0.2) is 35.8 Å². The van der Waals surface area contributed by atoms with Crippen LogP contribution < -0.4 is 26.6 Å². The largest absolute Gasteiger partial charge is 0.493 e. The molecule has 2 aromatic carbocycles. The van der Waals surface area contributed by atoms with Crippen LogP contribution >= 0.6 is 0 Å². The van der Waals surface area contributed by atoms with E-state index in [1.165, 1.54) is 17.2 Å². The number of H-pyrrole nitrogens is 1. The molecule has 0 aliphatic rings. The number of nitrogens with one attached hydrogen (secondary N) is 3. The Bertz CT molecular complexity index is 1220. The van der Waals surface area contributed by atoms with Gasteiger partial charge in [-0.3, -0.25) is 19.1 Å². The number of carbonyl (C=O) groups excluding carboxylic acids is 1. The quantitative estimate of drug-likeness (QED) is 0.366. The Labute approximate surface area is 204 Å². The van der Waals surface area contributed by atoms with Crippen molar-refractivity contribution < 1.29 is 14.3 Å². The van der Waals surface area contributed by atoms with Gasteiger partial charge in [-0.2, -0.15) is 0 Å². The molecule has 0 saturated heterocycles. The highest BCUT2D eigenvalue weighted by Gasteiger charge is 2.17. The van der Waals surface area contributed by atoms with Crippen LogP contribution in [0.25, 0.3) is 0 Å². The van der Waals surface area contributed by atoms with Gasteiger partial charge in [-0.15, -0.1) is 0 Å². The van der Waals surface area contributed by atoms with Gasteiger partial charge in [-0.25, -0.2) is 4.79 Å². The molecule has 3 rings (SSSR count). The molecule has 1 amide bonds. The lowest BCUT2D eigenvalue weighted by Gasteiger charge is -2.18. The van der Waals surface area contributed by atoms with E-state index in [2.05, 4.69) is 29.5 Å². The Hall–Kier alpha value is -3.85. The van der Waals surface area contributed by atoms with Gasteiger partial charge in [0.25, 0.3) is 5.56 Å². The van der Waals surface area contributed by atoms with Gasteiger partial charge < -0.3 is 20.1 Å². The number of anilines is 2. The molecule has 1 heterocycles. The number of aromatic amines is 1. The number of carbonyl (C=O) groups is 1. The van der Waals surface area contributed by atoms with Crippen molar-refractivity contribution in [3.05, 3.63) is 86.6 Å². The number of ether oxygens (including phenoxy) is 2. The molecule has 1 aromatic heterocycles. The number of aromatic nitrogens is 2. The van der Waals surface area contributed by atoms with Crippen molar-refractivity contribution in [2.24, 2.45) is 0 Å². The molecular weight excluding hydrogens is 448 g/mol. The number of amides is 1. The Balaban J connectivity index is 1.73. The van der Waals surface area contributed by atoms with E-state index >= 15 is 0 Å². The van der Waals surface area contributed by atoms with Gasteiger partial charge in [0.05, 0.1) is 26.2 Å². The van der Waals surface area contributed by atoms with Gasteiger partial charge in [0.1, 0.15) is 17.3 Å². The molecule has 0 spiro atoms. The van der Waals surface area contributed by atoms with Crippen LogP contribution in [0, 0.1) is 0 Å². The summed E-state index contributed by atoms with van der Waals surface area (Å²) < 4.78 is 12.1. The second-order valence-electron chi connectivity index (χ2n) is 8.34. The SMILES string of the molecule is COCCn1c(NC(=O)CCOc2ccc(C(C)C)cc2)c(NCc2ccccc2)c(=O)[nH]c1=O. The number of rotatable bonds is 12. The number of nitrogens with zero attached hydrogens (tertiary/aromatic N) is 1. The maximum atomic E-state index is 12.7. The predicted molar refractivity (Wildman–Crippen MR) is 136 cm³/mol. The van der Waals surface area contributed by atoms with Crippen LogP contribution in [0.3, 0.4) is 0 Å². The highest BCUT2D eigenvalue weighted by Crippen LogP contribution is 2.19. The standard InChI is InChI=1S/C26H32N4O5/c1-18(2)20-9-11-21(12-10-20)35-15-13-22(31)28-24-23(27-17-19-7-5-4-6-8-19)25(32)29-26(33)30(24)14-16-34-3/h4-12,18,27H,13-17H2,1-3H3,(H,28,31)(H,29,32,33). The third-order valence-electron chi connectivity index (χ3n) is 5.43. The van der Waals surface area contributed by atoms with Crippen LogP contribution in [0.4, 0.5) is 11.5 Å². The summed E-state index contributed by atoms with van der Waals surface area (Å²) in [5.41, 5.74) is 0.998. The Kier molecular flexibility index (Phi) is 9.25. The Morgan fingerprint density at radius 3 is 2.40 bits per heavy atom. The molecule has 9 heteroatoms. The minimum absolute atomic E-state index is 0.0370. The Morgan fingerprint density at radius 2 is 1.74 bits per heavy atom. The topological polar surface area (TPSA) is 114 Å². The molecule has 0 aliphatic heterocycles. The summed E-state index contributed by atoms with van der Waals surface area (Å²) in [7, 11) is 1.51. The molecule has 0 unspecified atom stereocenters. The van der Waals surface area contributed by atoms with E-state index in [9.17, 15) is 14.4 Å². The Morgan fingerprint density at radius 1 is 1.03 bits per heavy atom. The van der Waals surface area contributed by atoms with Crippen LogP contribution in [0.1, 0.15) is 37.3 Å². The molecule has 35 heavy (non-hydrogen) atoms. The number of benzene rings is 2. The number of hydrogen-bond acceptors (Lipinski definition) is 6. The van der Waals surface area contributed by atoms with E-state index < -0.39 is 11.2 Å². The van der Waals surface area contributed by atoms with E-state index in [-0.39, 0.29) is 43.6 Å². The van der Waals surface area contributed by atoms with Gasteiger partial charge >= 0.3 is 5.69 Å². The van der Waals surface area contributed by atoms with Crippen molar-refractivity contribution >= 4 is 17.4 Å². The third kappa shape index (κ3) is 7.31. The monoisotopic (exact) mass is 480 g/mol. The summed E-state index contributed by atoms with van der Waals surface area (Å²) in [5, 5.41) is 5.78. The maximum Gasteiger partial charge on any atom is 0.330 e. The average molecular weight is 481 g/mol. The van der Waals surface area contributed by atoms with Crippen molar-refractivity contribution in [1.82, 2.24) is 9.55 Å². The van der Waals surface area contributed by atoms with Crippen LogP contribution in [-0.2, 0) is 22.6 Å². The van der Waals surface area contributed by atoms with E-state index in [4.69, 9.17) is 9.47 Å². The summed E-state index contributed by atoms with van der Waals surface area (Å²) in [6.45, 7) is 5.09. The minimum atomic E-state index is -0.630. The van der Waals surface area contributed by atoms with E-state index in [0.29, 0.717) is 18.2 Å². The van der Waals surface area contributed by atoms with E-state index in [0.717, 1.165) is 5.56 Å². The molecular formula is C26H32N4O5.